The molecule has 1 unspecified atom stereocenters. The van der Waals surface area contributed by atoms with Crippen molar-refractivity contribution in [3.05, 3.63) is 47.5 Å². The van der Waals surface area contributed by atoms with Crippen LogP contribution in [0.3, 0.4) is 0 Å². The van der Waals surface area contributed by atoms with Crippen molar-refractivity contribution in [2.75, 3.05) is 0 Å². The highest BCUT2D eigenvalue weighted by molar-refractivity contribution is 6.24. The van der Waals surface area contributed by atoms with E-state index in [0.717, 1.165) is 0 Å². The molecule has 0 saturated heterocycles. The number of carbonyl (C=O) groups is 2. The molecular formula is C21H18ClF6NO3. The van der Waals surface area contributed by atoms with Crippen LogP contribution >= 0.6 is 11.6 Å². The molecular weight excluding hydrogens is 464 g/mol. The molecule has 1 aromatic carbocycles. The summed E-state index contributed by atoms with van der Waals surface area (Å²) in [4.78, 5) is 22.8. The Morgan fingerprint density at radius 3 is 2.28 bits per heavy atom. The second-order valence-electron chi connectivity index (χ2n) is 8.71. The maximum atomic E-state index is 13.1. The van der Waals surface area contributed by atoms with Crippen molar-refractivity contribution in [3.63, 3.8) is 0 Å². The molecule has 0 aromatic heterocycles. The van der Waals surface area contributed by atoms with Gasteiger partial charge in [-0.05, 0) is 24.3 Å². The van der Waals surface area contributed by atoms with Gasteiger partial charge in [0, 0.05) is 18.8 Å². The average molecular weight is 482 g/mol. The lowest BCUT2D eigenvalue weighted by Crippen LogP contribution is -2.64. The quantitative estimate of drug-likeness (QED) is 0.285. The van der Waals surface area contributed by atoms with Crippen LogP contribution in [0.2, 0.25) is 0 Å². The van der Waals surface area contributed by atoms with Crippen molar-refractivity contribution in [1.82, 2.24) is 5.32 Å². The third-order valence-corrected chi connectivity index (χ3v) is 6.82. The lowest BCUT2D eigenvalue weighted by molar-refractivity contribution is -0.230. The molecule has 32 heavy (non-hydrogen) atoms. The van der Waals surface area contributed by atoms with Gasteiger partial charge in [-0.15, -0.1) is 11.6 Å². The second kappa shape index (κ2) is 7.40. The van der Waals surface area contributed by atoms with Gasteiger partial charge in [-0.2, -0.15) is 26.3 Å². The smallest absolute Gasteiger partial charge is 0.452 e. The first kappa shape index (κ1) is 22.9. The molecule has 0 heterocycles. The van der Waals surface area contributed by atoms with Crippen LogP contribution < -0.4 is 5.32 Å². The first-order valence-electron chi connectivity index (χ1n) is 9.84. The van der Waals surface area contributed by atoms with Crippen LogP contribution in [-0.4, -0.2) is 34.7 Å². The molecule has 0 aliphatic heterocycles. The summed E-state index contributed by atoms with van der Waals surface area (Å²) in [6.07, 6.45) is -8.30. The van der Waals surface area contributed by atoms with Gasteiger partial charge in [0.2, 0.25) is 0 Å². The number of hydrogen-bond acceptors (Lipinski definition) is 3. The van der Waals surface area contributed by atoms with Gasteiger partial charge in [-0.25, -0.2) is 4.79 Å². The number of alkyl halides is 7. The Balaban J connectivity index is 1.81. The minimum atomic E-state index is -5.29. The first-order valence-corrected chi connectivity index (χ1v) is 10.2. The number of hydrogen-bond donors (Lipinski definition) is 1. The molecule has 1 N–H and O–H groups in total. The Bertz CT molecular complexity index is 963. The molecule has 1 aromatic rings. The van der Waals surface area contributed by atoms with Crippen molar-refractivity contribution in [2.45, 2.75) is 54.6 Å². The molecule has 2 fully saturated rings. The molecule has 4 bridgehead atoms. The van der Waals surface area contributed by atoms with E-state index in [1.165, 1.54) is 24.3 Å². The number of rotatable bonds is 4. The molecule has 1 amide bonds. The third-order valence-electron chi connectivity index (χ3n) is 6.40. The standard InChI is InChI=1S/C21H18ClF6NO3/c22-18-7-11-6-13(9-18)14(19(8-11,10-18)32-17(31)21(26,27)28)15(12-4-2-1-3-5-12)29-16(30)20(23,24)25/h1-6,13-15H,7-10H2,(H,29,30)/t13?,14-,15+,18+,19+/m1/s1. The van der Waals surface area contributed by atoms with E-state index in [1.807, 2.05) is 5.32 Å². The van der Waals surface area contributed by atoms with E-state index in [1.54, 1.807) is 12.1 Å². The highest BCUT2D eigenvalue weighted by Crippen LogP contribution is 2.63. The molecule has 2 saturated carbocycles. The van der Waals surface area contributed by atoms with E-state index in [4.69, 9.17) is 16.3 Å². The van der Waals surface area contributed by atoms with Crippen LogP contribution in [0, 0.1) is 11.8 Å². The molecule has 4 aliphatic carbocycles. The number of benzene rings is 1. The number of halogens is 7. The summed E-state index contributed by atoms with van der Waals surface area (Å²) >= 11 is 6.63. The number of nitrogens with one attached hydrogen (secondary N) is 1. The summed E-state index contributed by atoms with van der Waals surface area (Å²) in [5.74, 6) is -6.32. The van der Waals surface area contributed by atoms with Gasteiger partial charge in [-0.3, -0.25) is 4.79 Å². The minimum absolute atomic E-state index is 0.0876. The van der Waals surface area contributed by atoms with Crippen LogP contribution in [-0.2, 0) is 14.3 Å². The van der Waals surface area contributed by atoms with Crippen LogP contribution in [0.25, 0.3) is 0 Å². The van der Waals surface area contributed by atoms with E-state index in [-0.39, 0.29) is 24.8 Å². The highest BCUT2D eigenvalue weighted by atomic mass is 35.5. The maximum Gasteiger partial charge on any atom is 0.490 e. The summed E-state index contributed by atoms with van der Waals surface area (Å²) in [6.45, 7) is 0. The van der Waals surface area contributed by atoms with Gasteiger partial charge in [0.1, 0.15) is 5.60 Å². The Kier molecular flexibility index (Phi) is 5.30. The lowest BCUT2D eigenvalue weighted by Gasteiger charge is -2.61. The summed E-state index contributed by atoms with van der Waals surface area (Å²) in [5, 5.41) is 1.94. The molecule has 5 rings (SSSR count). The van der Waals surface area contributed by atoms with Gasteiger partial charge >= 0.3 is 24.2 Å². The van der Waals surface area contributed by atoms with Crippen molar-refractivity contribution in [3.8, 4) is 0 Å². The highest BCUT2D eigenvalue weighted by Gasteiger charge is 2.65. The van der Waals surface area contributed by atoms with Gasteiger partial charge in [-0.1, -0.05) is 42.0 Å². The van der Waals surface area contributed by atoms with Gasteiger partial charge in [0.05, 0.1) is 10.9 Å². The van der Waals surface area contributed by atoms with E-state index in [0.29, 0.717) is 12.0 Å². The normalized spacial score (nSPS) is 32.3. The zero-order chi connectivity index (χ0) is 23.5. The van der Waals surface area contributed by atoms with Crippen molar-refractivity contribution < 1.29 is 40.7 Å². The predicted molar refractivity (Wildman–Crippen MR) is 100 cm³/mol. The van der Waals surface area contributed by atoms with E-state index in [9.17, 15) is 35.9 Å². The van der Waals surface area contributed by atoms with E-state index < -0.39 is 52.6 Å². The minimum Gasteiger partial charge on any atom is -0.452 e. The Morgan fingerprint density at radius 2 is 1.72 bits per heavy atom. The van der Waals surface area contributed by atoms with Crippen LogP contribution in [0.1, 0.15) is 37.3 Å². The van der Waals surface area contributed by atoms with Gasteiger partial charge in [0.25, 0.3) is 0 Å². The van der Waals surface area contributed by atoms with Crippen molar-refractivity contribution in [1.29, 1.82) is 0 Å². The van der Waals surface area contributed by atoms with Crippen molar-refractivity contribution >= 4 is 23.5 Å². The molecule has 5 atom stereocenters. The summed E-state index contributed by atoms with van der Waals surface area (Å²) < 4.78 is 83.6. The monoisotopic (exact) mass is 481 g/mol. The topological polar surface area (TPSA) is 55.4 Å². The van der Waals surface area contributed by atoms with Gasteiger partial charge < -0.3 is 10.1 Å². The third kappa shape index (κ3) is 4.09. The number of ether oxygens (including phenoxy) is 1. The average Bonchev–Trinajstić information content (AvgIpc) is 2.64. The molecule has 4 aliphatic rings. The molecule has 0 spiro atoms. The second-order valence-corrected chi connectivity index (χ2v) is 9.51. The van der Waals surface area contributed by atoms with E-state index in [2.05, 4.69) is 0 Å². The number of carbonyl (C=O) groups excluding carboxylic acids is 2. The molecule has 11 heteroatoms. The zero-order valence-corrected chi connectivity index (χ0v) is 17.2. The lowest BCUT2D eigenvalue weighted by atomic mass is 9.51. The summed E-state index contributed by atoms with van der Waals surface area (Å²) in [6, 6.07) is 6.26. The van der Waals surface area contributed by atoms with Gasteiger partial charge in [0.15, 0.2) is 0 Å². The fourth-order valence-electron chi connectivity index (χ4n) is 5.62. The Labute approximate surface area is 183 Å². The predicted octanol–water partition coefficient (Wildman–Crippen LogP) is 4.99. The summed E-state index contributed by atoms with van der Waals surface area (Å²) in [5.41, 5.74) is -0.853. The largest absolute Gasteiger partial charge is 0.490 e. The first-order chi connectivity index (χ1) is 14.7. The summed E-state index contributed by atoms with van der Waals surface area (Å²) in [7, 11) is 0. The molecule has 0 radical (unpaired) electrons. The fourth-order valence-corrected chi connectivity index (χ4v) is 6.19. The van der Waals surface area contributed by atoms with Crippen LogP contribution in [0.4, 0.5) is 26.3 Å². The van der Waals surface area contributed by atoms with Crippen LogP contribution in [0.5, 0.6) is 0 Å². The number of esters is 1. The van der Waals surface area contributed by atoms with E-state index >= 15 is 0 Å². The van der Waals surface area contributed by atoms with Crippen molar-refractivity contribution in [2.24, 2.45) is 11.8 Å². The maximum absolute atomic E-state index is 13.1. The fraction of sp³-hybridized carbons (Fsp3) is 0.524. The Hall–Kier alpha value is -2.23. The number of amides is 1. The molecule has 174 valence electrons. The Morgan fingerprint density at radius 1 is 1.06 bits per heavy atom. The SMILES string of the molecule is O=C(N[C@@H](c1ccccc1)[C@H]1C2C=C3C[C@](Cl)(C2)C[C@@]1(OC(=O)C(F)(F)F)C3)C(F)(F)F. The van der Waals surface area contributed by atoms with Crippen LogP contribution in [0.15, 0.2) is 42.0 Å². The molecule has 4 nitrogen and oxygen atoms in total. The zero-order valence-electron chi connectivity index (χ0n) is 16.4. The number of allylic oxidation sites excluding steroid dienone is 1.